The summed E-state index contributed by atoms with van der Waals surface area (Å²) in [7, 11) is 0. The Labute approximate surface area is 164 Å². The van der Waals surface area contributed by atoms with Gasteiger partial charge in [0.2, 0.25) is 5.91 Å². The van der Waals surface area contributed by atoms with Crippen LogP contribution in [0.15, 0.2) is 28.1 Å². The van der Waals surface area contributed by atoms with Crippen LogP contribution in [0.25, 0.3) is 10.2 Å². The van der Waals surface area contributed by atoms with E-state index in [9.17, 15) is 14.7 Å². The molecule has 0 aliphatic rings. The van der Waals surface area contributed by atoms with Crippen molar-refractivity contribution in [3.63, 3.8) is 0 Å². The van der Waals surface area contributed by atoms with E-state index in [4.69, 9.17) is 4.74 Å². The van der Waals surface area contributed by atoms with Crippen molar-refractivity contribution in [1.29, 1.82) is 0 Å². The molecule has 0 radical (unpaired) electrons. The van der Waals surface area contributed by atoms with E-state index in [1.54, 1.807) is 12.1 Å². The lowest BCUT2D eigenvalue weighted by atomic mass is 10.2. The number of carbonyl (C=O) groups is 1. The van der Waals surface area contributed by atoms with Crippen molar-refractivity contribution in [2.45, 2.75) is 27.2 Å². The van der Waals surface area contributed by atoms with Crippen LogP contribution in [0.3, 0.4) is 0 Å². The molecule has 0 fully saturated rings. The number of aryl methyl sites for hydroxylation is 2. The third-order valence-electron chi connectivity index (χ3n) is 4.10. The highest BCUT2D eigenvalue weighted by molar-refractivity contribution is 7.18. The first-order chi connectivity index (χ1) is 13.4. The van der Waals surface area contributed by atoms with E-state index in [1.165, 1.54) is 23.6 Å². The number of aromatic hydroxyl groups is 1. The van der Waals surface area contributed by atoms with Crippen LogP contribution in [0.5, 0.6) is 11.5 Å². The maximum Gasteiger partial charge on any atom is 0.259 e. The van der Waals surface area contributed by atoms with E-state index < -0.39 is 5.91 Å². The topological polar surface area (TPSA) is 117 Å². The fourth-order valence-corrected chi connectivity index (χ4v) is 3.68. The molecule has 3 aromatic rings. The monoisotopic (exact) mass is 400 g/mol. The number of nitrogens with one attached hydrogen (secondary N) is 2. The summed E-state index contributed by atoms with van der Waals surface area (Å²) in [6, 6.07) is 4.74. The first-order valence-electron chi connectivity index (χ1n) is 8.65. The minimum atomic E-state index is -0.410. The second-order valence-corrected chi connectivity index (χ2v) is 7.31. The summed E-state index contributed by atoms with van der Waals surface area (Å²) in [6.07, 6.45) is 1.34. The smallest absolute Gasteiger partial charge is 0.259 e. The molecule has 8 nitrogen and oxygen atoms in total. The molecule has 0 saturated carbocycles. The second kappa shape index (κ2) is 8.22. The number of hydrogen-bond acceptors (Lipinski definition) is 7. The molecule has 2 heterocycles. The van der Waals surface area contributed by atoms with Gasteiger partial charge in [0.15, 0.2) is 11.5 Å². The Bertz CT molecular complexity index is 1120. The lowest BCUT2D eigenvalue weighted by Gasteiger charge is -2.06. The predicted molar refractivity (Wildman–Crippen MR) is 108 cm³/mol. The van der Waals surface area contributed by atoms with Crippen molar-refractivity contribution >= 4 is 33.7 Å². The van der Waals surface area contributed by atoms with Gasteiger partial charge in [-0.1, -0.05) is 0 Å². The number of amides is 1. The first-order valence-corrected chi connectivity index (χ1v) is 9.47. The van der Waals surface area contributed by atoms with Crippen molar-refractivity contribution in [3.05, 3.63) is 50.4 Å². The minimum absolute atomic E-state index is 0.0347. The number of aromatic amines is 1. The van der Waals surface area contributed by atoms with Gasteiger partial charge in [-0.25, -0.2) is 10.4 Å². The van der Waals surface area contributed by atoms with E-state index in [0.29, 0.717) is 28.1 Å². The largest absolute Gasteiger partial charge is 0.504 e. The maximum absolute atomic E-state index is 12.2. The van der Waals surface area contributed by atoms with E-state index in [1.807, 2.05) is 20.8 Å². The molecule has 2 aromatic heterocycles. The first kappa shape index (κ1) is 19.6. The Balaban J connectivity index is 1.68. The maximum atomic E-state index is 12.2. The highest BCUT2D eigenvalue weighted by Crippen LogP contribution is 2.26. The van der Waals surface area contributed by atoms with Crippen LogP contribution in [-0.2, 0) is 11.2 Å². The Kier molecular flexibility index (Phi) is 5.74. The van der Waals surface area contributed by atoms with Gasteiger partial charge in [0.05, 0.1) is 24.6 Å². The standard InChI is InChI=1S/C19H20N4O4S/c1-4-27-14-7-12(5-6-13(14)24)9-20-23-16(25)8-15-21-18(26)17-10(2)11(3)28-19(17)22-15/h5-7,9,24H,4,8H2,1-3H3,(H,23,25)(H,21,22,26)/b20-9+. The lowest BCUT2D eigenvalue weighted by molar-refractivity contribution is -0.120. The SMILES string of the molecule is CCOc1cc(/C=N/NC(=O)Cc2nc3sc(C)c(C)c3c(=O)[nH]2)ccc1O. The Morgan fingerprint density at radius 3 is 2.96 bits per heavy atom. The molecule has 28 heavy (non-hydrogen) atoms. The fourth-order valence-electron chi connectivity index (χ4n) is 2.64. The number of hydrogen-bond donors (Lipinski definition) is 3. The molecule has 0 aliphatic carbocycles. The number of fused-ring (bicyclic) bond motifs is 1. The van der Waals surface area contributed by atoms with Gasteiger partial charge in [0.1, 0.15) is 10.7 Å². The molecule has 146 valence electrons. The molecular weight excluding hydrogens is 380 g/mol. The van der Waals surface area contributed by atoms with Crippen LogP contribution in [0.4, 0.5) is 0 Å². The number of benzene rings is 1. The number of aromatic nitrogens is 2. The minimum Gasteiger partial charge on any atom is -0.504 e. The number of hydrazone groups is 1. The van der Waals surface area contributed by atoms with E-state index in [2.05, 4.69) is 20.5 Å². The molecule has 3 rings (SSSR count). The van der Waals surface area contributed by atoms with E-state index in [-0.39, 0.29) is 23.6 Å². The highest BCUT2D eigenvalue weighted by Gasteiger charge is 2.13. The molecule has 1 amide bonds. The summed E-state index contributed by atoms with van der Waals surface area (Å²) in [4.78, 5) is 33.0. The van der Waals surface area contributed by atoms with E-state index in [0.717, 1.165) is 10.4 Å². The number of thiophene rings is 1. The van der Waals surface area contributed by atoms with Crippen LogP contribution >= 0.6 is 11.3 Å². The van der Waals surface area contributed by atoms with Gasteiger partial charge in [-0.05, 0) is 50.1 Å². The number of H-pyrrole nitrogens is 1. The van der Waals surface area contributed by atoms with Gasteiger partial charge < -0.3 is 14.8 Å². The van der Waals surface area contributed by atoms with Gasteiger partial charge in [0.25, 0.3) is 5.56 Å². The summed E-state index contributed by atoms with van der Waals surface area (Å²) in [5.41, 5.74) is 3.72. The number of rotatable bonds is 6. The summed E-state index contributed by atoms with van der Waals surface area (Å²) < 4.78 is 5.30. The number of phenols is 1. The third-order valence-corrected chi connectivity index (χ3v) is 5.20. The van der Waals surface area contributed by atoms with Crippen molar-refractivity contribution in [2.75, 3.05) is 6.61 Å². The molecule has 9 heteroatoms. The van der Waals surface area contributed by atoms with Gasteiger partial charge in [-0.2, -0.15) is 5.10 Å². The molecule has 3 N–H and O–H groups in total. The quantitative estimate of drug-likeness (QED) is 0.434. The summed E-state index contributed by atoms with van der Waals surface area (Å²) in [5, 5.41) is 14.1. The zero-order chi connectivity index (χ0) is 20.3. The van der Waals surface area contributed by atoms with Crippen molar-refractivity contribution in [2.24, 2.45) is 5.10 Å². The number of nitrogens with zero attached hydrogens (tertiary/aromatic N) is 2. The number of ether oxygens (including phenoxy) is 1. The van der Waals surface area contributed by atoms with Crippen molar-refractivity contribution < 1.29 is 14.6 Å². The molecule has 0 unspecified atom stereocenters. The Hall–Kier alpha value is -3.20. The van der Waals surface area contributed by atoms with Crippen LogP contribution in [0.2, 0.25) is 0 Å². The molecule has 0 aliphatic heterocycles. The molecular formula is C19H20N4O4S. The zero-order valence-corrected chi connectivity index (χ0v) is 16.5. The molecule has 0 bridgehead atoms. The molecule has 1 aromatic carbocycles. The lowest BCUT2D eigenvalue weighted by Crippen LogP contribution is -2.23. The zero-order valence-electron chi connectivity index (χ0n) is 15.7. The van der Waals surface area contributed by atoms with Crippen LogP contribution < -0.4 is 15.7 Å². The molecule has 0 spiro atoms. The van der Waals surface area contributed by atoms with Gasteiger partial charge in [-0.15, -0.1) is 11.3 Å². The van der Waals surface area contributed by atoms with Crippen molar-refractivity contribution in [3.8, 4) is 11.5 Å². The molecule has 0 atom stereocenters. The normalized spacial score (nSPS) is 11.2. The summed E-state index contributed by atoms with van der Waals surface area (Å²) in [6.45, 7) is 6.05. The highest BCUT2D eigenvalue weighted by atomic mass is 32.1. The number of carbonyl (C=O) groups excluding carboxylic acids is 1. The van der Waals surface area contributed by atoms with E-state index >= 15 is 0 Å². The Morgan fingerprint density at radius 2 is 2.21 bits per heavy atom. The van der Waals surface area contributed by atoms with Gasteiger partial charge >= 0.3 is 0 Å². The fraction of sp³-hybridized carbons (Fsp3) is 0.263. The second-order valence-electron chi connectivity index (χ2n) is 6.11. The third kappa shape index (κ3) is 4.20. The average Bonchev–Trinajstić information content (AvgIpc) is 2.92. The van der Waals surface area contributed by atoms with Gasteiger partial charge in [0, 0.05) is 4.88 Å². The average molecular weight is 400 g/mol. The number of phenolic OH excluding ortho intramolecular Hbond substituents is 1. The van der Waals surface area contributed by atoms with Gasteiger partial charge in [-0.3, -0.25) is 9.59 Å². The van der Waals surface area contributed by atoms with Crippen LogP contribution in [0.1, 0.15) is 28.8 Å². The predicted octanol–water partition coefficient (Wildman–Crippen LogP) is 2.40. The molecule has 0 saturated heterocycles. The van der Waals surface area contributed by atoms with Crippen molar-refractivity contribution in [1.82, 2.24) is 15.4 Å². The summed E-state index contributed by atoms with van der Waals surface area (Å²) >= 11 is 1.43. The summed E-state index contributed by atoms with van der Waals surface area (Å²) in [5.74, 6) is 0.254. The van der Waals surface area contributed by atoms with Crippen LogP contribution in [-0.4, -0.2) is 33.8 Å². The van der Waals surface area contributed by atoms with Crippen LogP contribution in [0, 0.1) is 13.8 Å². The Morgan fingerprint density at radius 1 is 1.43 bits per heavy atom.